The summed E-state index contributed by atoms with van der Waals surface area (Å²) >= 11 is 0. The van der Waals surface area contributed by atoms with Crippen LogP contribution in [0.25, 0.3) is 33.6 Å². The summed E-state index contributed by atoms with van der Waals surface area (Å²) in [5.74, 6) is -0.281. The van der Waals surface area contributed by atoms with Crippen molar-refractivity contribution in [2.75, 3.05) is 12.3 Å². The highest BCUT2D eigenvalue weighted by atomic mass is 19.1. The van der Waals surface area contributed by atoms with E-state index >= 15 is 0 Å². The number of nitrogens with one attached hydrogen (secondary N) is 1. The van der Waals surface area contributed by atoms with Crippen LogP contribution in [0.1, 0.15) is 23.4 Å². The Hall–Kier alpha value is -4.61. The normalized spacial score (nSPS) is 14.9. The molecular weight excluding hydrogens is 475 g/mol. The van der Waals surface area contributed by atoms with Crippen LogP contribution in [0.4, 0.5) is 10.2 Å². The molecule has 186 valence electrons. The summed E-state index contributed by atoms with van der Waals surface area (Å²) in [6.45, 7) is 2.54. The van der Waals surface area contributed by atoms with E-state index in [9.17, 15) is 14.4 Å². The monoisotopic (exact) mass is 498 g/mol. The molecule has 1 saturated heterocycles. The number of hydrogen-bond acceptors (Lipinski definition) is 8. The maximum atomic E-state index is 15.0. The molecular formula is C26H23FN8O2. The lowest BCUT2D eigenvalue weighted by Gasteiger charge is -2.16. The summed E-state index contributed by atoms with van der Waals surface area (Å²) in [5.41, 5.74) is 11.7. The molecule has 0 bridgehead atoms. The second kappa shape index (κ2) is 8.80. The molecule has 0 aliphatic carbocycles. The molecule has 37 heavy (non-hydrogen) atoms. The van der Waals surface area contributed by atoms with Crippen molar-refractivity contribution in [1.82, 2.24) is 34.9 Å². The van der Waals surface area contributed by atoms with E-state index in [1.807, 2.05) is 31.2 Å². The number of hydrazine groups is 1. The van der Waals surface area contributed by atoms with E-state index in [4.69, 9.17) is 10.8 Å². The summed E-state index contributed by atoms with van der Waals surface area (Å²) < 4.78 is 18.0. The van der Waals surface area contributed by atoms with Crippen molar-refractivity contribution < 1.29 is 9.60 Å². The van der Waals surface area contributed by atoms with E-state index in [-0.39, 0.29) is 23.6 Å². The number of aryl methyl sites for hydroxylation is 1. The lowest BCUT2D eigenvalue weighted by molar-refractivity contribution is -0.0822. The van der Waals surface area contributed by atoms with E-state index < -0.39 is 5.82 Å². The second-order valence-corrected chi connectivity index (χ2v) is 8.87. The minimum Gasteiger partial charge on any atom is -0.383 e. The molecule has 0 atom stereocenters. The topological polar surface area (TPSA) is 127 Å². The molecule has 5 aromatic rings. The van der Waals surface area contributed by atoms with Crippen molar-refractivity contribution in [3.63, 3.8) is 0 Å². The van der Waals surface area contributed by atoms with Crippen molar-refractivity contribution in [2.45, 2.75) is 19.9 Å². The van der Waals surface area contributed by atoms with Gasteiger partial charge in [-0.05, 0) is 42.1 Å². The highest BCUT2D eigenvalue weighted by Crippen LogP contribution is 2.27. The molecule has 0 spiro atoms. The van der Waals surface area contributed by atoms with E-state index in [0.29, 0.717) is 46.5 Å². The first-order chi connectivity index (χ1) is 17.9. The zero-order chi connectivity index (χ0) is 25.7. The van der Waals surface area contributed by atoms with Gasteiger partial charge in [-0.15, -0.1) is 0 Å². The van der Waals surface area contributed by atoms with Crippen molar-refractivity contribution in [1.29, 1.82) is 0 Å². The van der Waals surface area contributed by atoms with Crippen molar-refractivity contribution >= 4 is 33.7 Å². The fourth-order valence-electron chi connectivity index (χ4n) is 4.81. The quantitative estimate of drug-likeness (QED) is 0.345. The van der Waals surface area contributed by atoms with Gasteiger partial charge in [0.1, 0.15) is 23.7 Å². The number of hydroxylamine groups is 1. The Morgan fingerprint density at radius 1 is 1.16 bits per heavy atom. The largest absolute Gasteiger partial charge is 0.383 e. The Morgan fingerprint density at radius 3 is 2.78 bits per heavy atom. The fraction of sp³-hybridized carbons (Fsp3) is 0.154. The summed E-state index contributed by atoms with van der Waals surface area (Å²) in [7, 11) is 0. The number of nitrogens with zero attached hydrogens (tertiary/aromatic N) is 6. The van der Waals surface area contributed by atoms with Gasteiger partial charge in [0.05, 0.1) is 28.7 Å². The third-order valence-corrected chi connectivity index (χ3v) is 6.54. The third-order valence-electron chi connectivity index (χ3n) is 6.54. The molecule has 6 rings (SSSR count). The Kier molecular flexibility index (Phi) is 5.43. The highest BCUT2D eigenvalue weighted by molar-refractivity contribution is 5.93. The first-order valence-electron chi connectivity index (χ1n) is 11.7. The van der Waals surface area contributed by atoms with Gasteiger partial charge in [-0.2, -0.15) is 10.3 Å². The number of nitrogen functional groups attached to an aromatic ring is 1. The summed E-state index contributed by atoms with van der Waals surface area (Å²) in [6.07, 6.45) is 3.65. The molecule has 0 unspecified atom stereocenters. The molecule has 4 heterocycles. The predicted octanol–water partition coefficient (Wildman–Crippen LogP) is 3.15. The standard InChI is InChI=1S/C26H23FN8O2/c1-15-5-4-6-16-11-18(34(26(36)22(15)16)21-8-3-2-7-19(21)27)13-33-25-23(24(28)29-14-30-25)20(32-33)12-17-9-10-31-35(17)37/h2-8,11-12,14,31,37H,9-10,13H2,1H3,(H2,28,29,30)/b17-12-. The van der Waals surface area contributed by atoms with Crippen molar-refractivity contribution in [3.8, 4) is 5.69 Å². The van der Waals surface area contributed by atoms with Crippen LogP contribution in [-0.2, 0) is 6.54 Å². The van der Waals surface area contributed by atoms with E-state index in [0.717, 1.165) is 16.1 Å². The molecule has 1 aliphatic rings. The van der Waals surface area contributed by atoms with Gasteiger partial charge in [0.15, 0.2) is 5.65 Å². The van der Waals surface area contributed by atoms with Crippen LogP contribution >= 0.6 is 0 Å². The second-order valence-electron chi connectivity index (χ2n) is 8.87. The number of rotatable bonds is 4. The van der Waals surface area contributed by atoms with Crippen LogP contribution in [0.15, 0.2) is 65.3 Å². The molecule has 1 aliphatic heterocycles. The zero-order valence-electron chi connectivity index (χ0n) is 19.9. The third kappa shape index (κ3) is 3.81. The van der Waals surface area contributed by atoms with E-state index in [1.54, 1.807) is 29.0 Å². The van der Waals surface area contributed by atoms with Gasteiger partial charge in [-0.1, -0.05) is 30.3 Å². The van der Waals surface area contributed by atoms with Crippen LogP contribution in [-0.4, -0.2) is 41.2 Å². The Morgan fingerprint density at radius 2 is 2.00 bits per heavy atom. The molecule has 1 fully saturated rings. The van der Waals surface area contributed by atoms with Gasteiger partial charge in [0, 0.05) is 18.7 Å². The number of benzene rings is 2. The number of anilines is 1. The lowest BCUT2D eigenvalue weighted by Crippen LogP contribution is -2.25. The van der Waals surface area contributed by atoms with Gasteiger partial charge < -0.3 is 5.73 Å². The minimum atomic E-state index is -0.516. The van der Waals surface area contributed by atoms with Crippen LogP contribution < -0.4 is 16.7 Å². The predicted molar refractivity (Wildman–Crippen MR) is 137 cm³/mol. The Labute approximate surface area is 210 Å². The number of nitrogens with two attached hydrogens (primary N) is 1. The minimum absolute atomic E-state index is 0.102. The molecule has 10 nitrogen and oxygen atoms in total. The van der Waals surface area contributed by atoms with E-state index in [1.165, 1.54) is 17.0 Å². The molecule has 4 N–H and O–H groups in total. The molecule has 0 radical (unpaired) electrons. The number of hydrogen-bond donors (Lipinski definition) is 3. The lowest BCUT2D eigenvalue weighted by atomic mass is 10.1. The highest BCUT2D eigenvalue weighted by Gasteiger charge is 2.21. The fourth-order valence-corrected chi connectivity index (χ4v) is 4.81. The zero-order valence-corrected chi connectivity index (χ0v) is 19.9. The molecule has 3 aromatic heterocycles. The average molecular weight is 499 g/mol. The number of para-hydroxylation sites is 1. The number of aromatic nitrogens is 5. The first-order valence-corrected chi connectivity index (χ1v) is 11.7. The number of pyridine rings is 1. The molecule has 11 heteroatoms. The molecule has 2 aromatic carbocycles. The maximum Gasteiger partial charge on any atom is 0.263 e. The number of halogens is 1. The smallest absolute Gasteiger partial charge is 0.263 e. The van der Waals surface area contributed by atoms with Gasteiger partial charge in [0.25, 0.3) is 5.56 Å². The van der Waals surface area contributed by atoms with Gasteiger partial charge in [-0.25, -0.2) is 24.5 Å². The van der Waals surface area contributed by atoms with Crippen LogP contribution in [0, 0.1) is 12.7 Å². The Bertz CT molecular complexity index is 1770. The van der Waals surface area contributed by atoms with Crippen LogP contribution in [0.2, 0.25) is 0 Å². The van der Waals surface area contributed by atoms with Crippen LogP contribution in [0.5, 0.6) is 0 Å². The van der Waals surface area contributed by atoms with Gasteiger partial charge in [0.2, 0.25) is 0 Å². The van der Waals surface area contributed by atoms with Crippen molar-refractivity contribution in [2.24, 2.45) is 0 Å². The molecule has 0 amide bonds. The first kappa shape index (κ1) is 22.8. The van der Waals surface area contributed by atoms with Crippen molar-refractivity contribution in [3.05, 3.63) is 93.7 Å². The molecule has 0 saturated carbocycles. The summed E-state index contributed by atoms with van der Waals surface area (Å²) in [4.78, 5) is 22.3. The maximum absolute atomic E-state index is 15.0. The number of fused-ring (bicyclic) bond motifs is 2. The SMILES string of the molecule is Cc1cccc2cc(Cn3nc(/C=C4/CCNN4O)c4c(N)ncnc43)n(-c3ccccc3F)c(=O)c12. The Balaban J connectivity index is 1.59. The van der Waals surface area contributed by atoms with Crippen LogP contribution in [0.3, 0.4) is 0 Å². The summed E-state index contributed by atoms with van der Waals surface area (Å²) in [6, 6.07) is 13.6. The van der Waals surface area contributed by atoms with E-state index in [2.05, 4.69) is 15.4 Å². The van der Waals surface area contributed by atoms with Gasteiger partial charge >= 0.3 is 0 Å². The summed E-state index contributed by atoms with van der Waals surface area (Å²) in [5, 5.41) is 17.5. The average Bonchev–Trinajstić information content (AvgIpc) is 3.44. The van der Waals surface area contributed by atoms with Gasteiger partial charge in [-0.3, -0.25) is 14.6 Å².